The van der Waals surface area contributed by atoms with Crippen LogP contribution in [0.2, 0.25) is 0 Å². The van der Waals surface area contributed by atoms with Crippen molar-refractivity contribution in [2.45, 2.75) is 52.2 Å². The molecule has 0 atom stereocenters. The van der Waals surface area contributed by atoms with E-state index in [1.54, 1.807) is 30.0 Å². The molecule has 8 heteroatoms. The van der Waals surface area contributed by atoms with Gasteiger partial charge in [0.15, 0.2) is 0 Å². The molecule has 0 aromatic carbocycles. The van der Waals surface area contributed by atoms with Crippen LogP contribution in [0, 0.1) is 11.3 Å². The van der Waals surface area contributed by atoms with Crippen molar-refractivity contribution in [1.29, 1.82) is 5.26 Å². The Balaban J connectivity index is 1.96. The Morgan fingerprint density at radius 3 is 2.79 bits per heavy atom. The Morgan fingerprint density at radius 2 is 2.18 bits per heavy atom. The molecule has 0 N–H and O–H groups in total. The molecule has 2 aromatic heterocycles. The van der Waals surface area contributed by atoms with Gasteiger partial charge in [-0.3, -0.25) is 14.2 Å². The summed E-state index contributed by atoms with van der Waals surface area (Å²) in [7, 11) is 0. The van der Waals surface area contributed by atoms with Gasteiger partial charge in [0.1, 0.15) is 23.9 Å². The molecular weight excluding hydrogens is 360 g/mol. The Kier molecular flexibility index (Phi) is 5.94. The molecule has 0 saturated carbocycles. The Bertz CT molecular complexity index is 1040. The normalized spacial score (nSPS) is 13.6. The number of rotatable bonds is 6. The molecule has 2 aromatic rings. The molecule has 0 unspecified atom stereocenters. The van der Waals surface area contributed by atoms with E-state index < -0.39 is 17.8 Å². The molecule has 1 aliphatic carbocycles. The van der Waals surface area contributed by atoms with Crippen LogP contribution in [0.4, 0.5) is 0 Å². The van der Waals surface area contributed by atoms with Gasteiger partial charge >= 0.3 is 5.69 Å². The summed E-state index contributed by atoms with van der Waals surface area (Å²) in [6.45, 7) is 1.83. The van der Waals surface area contributed by atoms with Gasteiger partial charge in [0.05, 0.1) is 12.8 Å². The van der Waals surface area contributed by atoms with Crippen molar-refractivity contribution in [3.05, 3.63) is 68.5 Å². The molecular formula is C20H22N4O4. The summed E-state index contributed by atoms with van der Waals surface area (Å²) >= 11 is 0. The van der Waals surface area contributed by atoms with Crippen molar-refractivity contribution in [2.24, 2.45) is 0 Å². The van der Waals surface area contributed by atoms with Crippen LogP contribution >= 0.6 is 0 Å². The van der Waals surface area contributed by atoms with Gasteiger partial charge in [0.25, 0.3) is 5.56 Å². The van der Waals surface area contributed by atoms with E-state index in [1.165, 1.54) is 17.0 Å². The smallest absolute Gasteiger partial charge is 0.331 e. The van der Waals surface area contributed by atoms with E-state index >= 15 is 0 Å². The highest BCUT2D eigenvalue weighted by Gasteiger charge is 2.23. The number of hydrogen-bond donors (Lipinski definition) is 0. The Labute approximate surface area is 161 Å². The van der Waals surface area contributed by atoms with Crippen molar-refractivity contribution >= 4 is 5.91 Å². The molecule has 0 spiro atoms. The van der Waals surface area contributed by atoms with Crippen LogP contribution < -0.4 is 11.2 Å². The summed E-state index contributed by atoms with van der Waals surface area (Å²) in [5.74, 6) is 0.227. The molecule has 8 nitrogen and oxygen atoms in total. The Morgan fingerprint density at radius 1 is 1.36 bits per heavy atom. The molecule has 0 bridgehead atoms. The van der Waals surface area contributed by atoms with Crippen LogP contribution in [0.3, 0.4) is 0 Å². The summed E-state index contributed by atoms with van der Waals surface area (Å²) in [5.41, 5.74) is -0.645. The third kappa shape index (κ3) is 3.98. The Hall–Kier alpha value is -3.34. The number of hydrogen-bond acceptors (Lipinski definition) is 5. The maximum atomic E-state index is 13.1. The largest absolute Gasteiger partial charge is 0.467 e. The van der Waals surface area contributed by atoms with Gasteiger partial charge in [-0.1, -0.05) is 6.08 Å². The van der Waals surface area contributed by atoms with Gasteiger partial charge in [0.2, 0.25) is 5.91 Å². The van der Waals surface area contributed by atoms with Gasteiger partial charge in [-0.2, -0.15) is 5.26 Å². The molecule has 146 valence electrons. The number of carbonyl (C=O) groups is 1. The van der Waals surface area contributed by atoms with Crippen LogP contribution in [0.5, 0.6) is 0 Å². The first-order valence-electron chi connectivity index (χ1n) is 9.31. The number of allylic oxidation sites excluding steroid dienone is 2. The number of nitrogens with zero attached hydrogens (tertiary/aromatic N) is 4. The summed E-state index contributed by atoms with van der Waals surface area (Å²) in [6.07, 6.45) is 8.45. The van der Waals surface area contributed by atoms with Crippen LogP contribution in [-0.2, 0) is 24.4 Å². The fourth-order valence-corrected chi connectivity index (χ4v) is 3.29. The molecule has 0 aliphatic heterocycles. The SMILES string of the molecule is CCn1cc(C#N)c(=O)n(CC(=O)N(Cc2ccco2)C2=CCCCC2)c1=O. The quantitative estimate of drug-likeness (QED) is 0.760. The van der Waals surface area contributed by atoms with Crippen molar-refractivity contribution in [3.63, 3.8) is 0 Å². The van der Waals surface area contributed by atoms with Crippen molar-refractivity contribution < 1.29 is 9.21 Å². The highest BCUT2D eigenvalue weighted by Crippen LogP contribution is 2.23. The first-order chi connectivity index (χ1) is 13.5. The molecule has 2 heterocycles. The number of amides is 1. The maximum absolute atomic E-state index is 13.1. The third-order valence-electron chi connectivity index (χ3n) is 4.80. The lowest BCUT2D eigenvalue weighted by atomic mass is 10.0. The van der Waals surface area contributed by atoms with Crippen LogP contribution in [-0.4, -0.2) is 19.9 Å². The first-order valence-corrected chi connectivity index (χ1v) is 9.31. The third-order valence-corrected chi connectivity index (χ3v) is 4.80. The monoisotopic (exact) mass is 382 g/mol. The van der Waals surface area contributed by atoms with Gasteiger partial charge in [0, 0.05) is 18.4 Å². The number of aryl methyl sites for hydroxylation is 1. The average molecular weight is 382 g/mol. The molecule has 1 amide bonds. The van der Waals surface area contributed by atoms with Crippen LogP contribution in [0.1, 0.15) is 43.9 Å². The maximum Gasteiger partial charge on any atom is 0.331 e. The molecule has 3 rings (SSSR count). The number of aromatic nitrogens is 2. The summed E-state index contributed by atoms with van der Waals surface area (Å²) < 4.78 is 7.47. The minimum absolute atomic E-state index is 0.163. The van der Waals surface area contributed by atoms with Gasteiger partial charge < -0.3 is 9.32 Å². The summed E-state index contributed by atoms with van der Waals surface area (Å²) in [4.78, 5) is 39.7. The minimum atomic E-state index is -0.749. The highest BCUT2D eigenvalue weighted by atomic mass is 16.3. The molecule has 0 radical (unpaired) electrons. The predicted octanol–water partition coefficient (Wildman–Crippen LogP) is 1.98. The molecule has 0 saturated heterocycles. The van der Waals surface area contributed by atoms with E-state index in [0.717, 1.165) is 35.9 Å². The van der Waals surface area contributed by atoms with Crippen LogP contribution in [0.25, 0.3) is 0 Å². The van der Waals surface area contributed by atoms with E-state index in [9.17, 15) is 19.6 Å². The van der Waals surface area contributed by atoms with Gasteiger partial charge in [-0.15, -0.1) is 0 Å². The standard InChI is InChI=1S/C20H22N4O4/c1-2-22-12-15(11-21)19(26)24(20(22)27)14-18(25)23(13-17-9-6-10-28-17)16-7-4-3-5-8-16/h6-7,9-10,12H,2-5,8,13-14H2,1H3. The second-order valence-corrected chi connectivity index (χ2v) is 6.61. The summed E-state index contributed by atoms with van der Waals surface area (Å²) in [5, 5.41) is 9.18. The van der Waals surface area contributed by atoms with Gasteiger partial charge in [-0.25, -0.2) is 9.36 Å². The van der Waals surface area contributed by atoms with Crippen molar-refractivity contribution in [3.8, 4) is 6.07 Å². The fourth-order valence-electron chi connectivity index (χ4n) is 3.29. The zero-order valence-electron chi connectivity index (χ0n) is 15.8. The molecule has 28 heavy (non-hydrogen) atoms. The lowest BCUT2D eigenvalue weighted by Gasteiger charge is -2.27. The fraction of sp³-hybridized carbons (Fsp3) is 0.400. The lowest BCUT2D eigenvalue weighted by molar-refractivity contribution is -0.131. The second-order valence-electron chi connectivity index (χ2n) is 6.61. The van der Waals surface area contributed by atoms with Crippen molar-refractivity contribution in [2.75, 3.05) is 0 Å². The zero-order chi connectivity index (χ0) is 20.1. The summed E-state index contributed by atoms with van der Waals surface area (Å²) in [6, 6.07) is 5.31. The first kappa shape index (κ1) is 19.4. The minimum Gasteiger partial charge on any atom is -0.467 e. The van der Waals surface area contributed by atoms with E-state index in [1.807, 2.05) is 6.08 Å². The topological polar surface area (TPSA) is 101 Å². The average Bonchev–Trinajstić information content (AvgIpc) is 3.23. The number of nitriles is 1. The molecule has 1 aliphatic rings. The second kappa shape index (κ2) is 8.57. The van der Waals surface area contributed by atoms with E-state index in [4.69, 9.17) is 4.42 Å². The van der Waals surface area contributed by atoms with Crippen molar-refractivity contribution in [1.82, 2.24) is 14.0 Å². The molecule has 0 fully saturated rings. The lowest BCUT2D eigenvalue weighted by Crippen LogP contribution is -2.45. The van der Waals surface area contributed by atoms with Crippen LogP contribution in [0.15, 0.2) is 50.4 Å². The number of furan rings is 1. The highest BCUT2D eigenvalue weighted by molar-refractivity contribution is 5.78. The van der Waals surface area contributed by atoms with E-state index in [0.29, 0.717) is 12.3 Å². The number of carbonyl (C=O) groups excluding carboxylic acids is 1. The van der Waals surface area contributed by atoms with E-state index in [2.05, 4.69) is 0 Å². The van der Waals surface area contributed by atoms with Gasteiger partial charge in [-0.05, 0) is 44.7 Å². The zero-order valence-corrected chi connectivity index (χ0v) is 15.8. The predicted molar refractivity (Wildman–Crippen MR) is 101 cm³/mol. The van der Waals surface area contributed by atoms with E-state index in [-0.39, 0.29) is 18.0 Å².